The SMILES string of the molecule is C1=Cc2c(cc(-c3ccc4c(c3)oc3cccc(-c5nc(-c6ccccc6)nc(-c6cccc(-c7cccc(-c8ccccc8)c7)c6)n5)c34)c3ccccc23)CC1. The molecule has 0 N–H and O–H groups in total. The molecule has 0 radical (unpaired) electrons. The molecule has 0 atom stereocenters. The van der Waals surface area contributed by atoms with Gasteiger partial charge < -0.3 is 4.42 Å². The Hall–Kier alpha value is -7.43. The summed E-state index contributed by atoms with van der Waals surface area (Å²) in [5.41, 5.74) is 14.1. The Kier molecular flexibility index (Phi) is 7.92. The monoisotopic (exact) mass is 729 g/mol. The van der Waals surface area contributed by atoms with Gasteiger partial charge in [0.05, 0.1) is 0 Å². The molecule has 268 valence electrons. The number of hydrogen-bond donors (Lipinski definition) is 0. The Bertz CT molecular complexity index is 3180. The second-order valence-corrected chi connectivity index (χ2v) is 14.7. The summed E-state index contributed by atoms with van der Waals surface area (Å²) >= 11 is 0. The highest BCUT2D eigenvalue weighted by Crippen LogP contribution is 2.41. The zero-order valence-corrected chi connectivity index (χ0v) is 31.1. The van der Waals surface area contributed by atoms with E-state index in [0.717, 1.165) is 68.2 Å². The lowest BCUT2D eigenvalue weighted by molar-refractivity contribution is 0.669. The van der Waals surface area contributed by atoms with Crippen molar-refractivity contribution in [2.24, 2.45) is 0 Å². The molecule has 0 spiro atoms. The number of aryl methyl sites for hydroxylation is 1. The van der Waals surface area contributed by atoms with Gasteiger partial charge in [0.15, 0.2) is 17.5 Å². The highest BCUT2D eigenvalue weighted by Gasteiger charge is 2.20. The van der Waals surface area contributed by atoms with E-state index >= 15 is 0 Å². The maximum Gasteiger partial charge on any atom is 0.164 e. The Balaban J connectivity index is 1.05. The van der Waals surface area contributed by atoms with Crippen LogP contribution in [0.5, 0.6) is 0 Å². The molecular weight excluding hydrogens is 695 g/mol. The Morgan fingerprint density at radius 2 is 1.00 bits per heavy atom. The predicted octanol–water partition coefficient (Wildman–Crippen LogP) is 13.9. The van der Waals surface area contributed by atoms with E-state index in [1.807, 2.05) is 48.5 Å². The van der Waals surface area contributed by atoms with Gasteiger partial charge in [0, 0.05) is 27.5 Å². The lowest BCUT2D eigenvalue weighted by Gasteiger charge is -2.17. The highest BCUT2D eigenvalue weighted by atomic mass is 16.3. The molecule has 0 saturated heterocycles. The van der Waals surface area contributed by atoms with Gasteiger partial charge in [-0.15, -0.1) is 0 Å². The highest BCUT2D eigenvalue weighted by molar-refractivity contribution is 6.13. The summed E-state index contributed by atoms with van der Waals surface area (Å²) in [5, 5.41) is 4.55. The minimum Gasteiger partial charge on any atom is -0.456 e. The zero-order chi connectivity index (χ0) is 37.7. The Morgan fingerprint density at radius 1 is 0.386 bits per heavy atom. The van der Waals surface area contributed by atoms with E-state index in [1.165, 1.54) is 38.6 Å². The van der Waals surface area contributed by atoms with E-state index < -0.39 is 0 Å². The van der Waals surface area contributed by atoms with Crippen LogP contribution in [-0.4, -0.2) is 15.0 Å². The molecule has 1 aliphatic rings. The van der Waals surface area contributed by atoms with Crippen LogP contribution in [0.2, 0.25) is 0 Å². The number of furan rings is 1. The normalized spacial score (nSPS) is 12.4. The van der Waals surface area contributed by atoms with Crippen LogP contribution < -0.4 is 0 Å². The summed E-state index contributed by atoms with van der Waals surface area (Å²) in [6.07, 6.45) is 6.68. The molecule has 0 amide bonds. The molecule has 11 rings (SSSR count). The van der Waals surface area contributed by atoms with Crippen molar-refractivity contribution in [3.8, 4) is 67.5 Å². The fourth-order valence-electron chi connectivity index (χ4n) is 8.41. The van der Waals surface area contributed by atoms with Crippen LogP contribution >= 0.6 is 0 Å². The zero-order valence-electron chi connectivity index (χ0n) is 31.1. The van der Waals surface area contributed by atoms with Crippen LogP contribution in [0.15, 0.2) is 186 Å². The number of hydrogen-bond acceptors (Lipinski definition) is 4. The summed E-state index contributed by atoms with van der Waals surface area (Å²) in [6, 6.07) is 61.6. The molecule has 8 aromatic carbocycles. The number of nitrogens with zero attached hydrogens (tertiary/aromatic N) is 3. The first-order valence-corrected chi connectivity index (χ1v) is 19.5. The summed E-state index contributed by atoms with van der Waals surface area (Å²) in [6.45, 7) is 0. The molecule has 10 aromatic rings. The van der Waals surface area contributed by atoms with Crippen LogP contribution in [-0.2, 0) is 6.42 Å². The van der Waals surface area contributed by atoms with Crippen molar-refractivity contribution in [1.82, 2.24) is 15.0 Å². The molecule has 0 saturated carbocycles. The maximum atomic E-state index is 6.66. The first kappa shape index (κ1) is 33.0. The fraction of sp³-hybridized carbons (Fsp3) is 0.0377. The Morgan fingerprint density at radius 3 is 1.79 bits per heavy atom. The van der Waals surface area contributed by atoms with Crippen molar-refractivity contribution in [3.63, 3.8) is 0 Å². The third-order valence-electron chi connectivity index (χ3n) is 11.2. The summed E-state index contributed by atoms with van der Waals surface area (Å²) in [7, 11) is 0. The van der Waals surface area contributed by atoms with Gasteiger partial charge in [0.25, 0.3) is 0 Å². The van der Waals surface area contributed by atoms with Crippen molar-refractivity contribution >= 4 is 38.8 Å². The van der Waals surface area contributed by atoms with Crippen LogP contribution in [0.25, 0.3) is 106 Å². The van der Waals surface area contributed by atoms with Crippen molar-refractivity contribution in [3.05, 3.63) is 193 Å². The lowest BCUT2D eigenvalue weighted by Crippen LogP contribution is -2.00. The van der Waals surface area contributed by atoms with Crippen molar-refractivity contribution < 1.29 is 4.42 Å². The van der Waals surface area contributed by atoms with Crippen molar-refractivity contribution in [2.75, 3.05) is 0 Å². The van der Waals surface area contributed by atoms with Crippen LogP contribution in [0.4, 0.5) is 0 Å². The first-order chi connectivity index (χ1) is 28.2. The van der Waals surface area contributed by atoms with Crippen molar-refractivity contribution in [1.29, 1.82) is 0 Å². The van der Waals surface area contributed by atoms with Gasteiger partial charge >= 0.3 is 0 Å². The number of allylic oxidation sites excluding steroid dienone is 1. The molecule has 0 bridgehead atoms. The third kappa shape index (κ3) is 5.90. The quantitative estimate of drug-likeness (QED) is 0.171. The summed E-state index contributed by atoms with van der Waals surface area (Å²) < 4.78 is 6.66. The molecule has 4 heteroatoms. The van der Waals surface area contributed by atoms with E-state index in [9.17, 15) is 0 Å². The first-order valence-electron chi connectivity index (χ1n) is 19.5. The fourth-order valence-corrected chi connectivity index (χ4v) is 8.41. The predicted molar refractivity (Wildman–Crippen MR) is 235 cm³/mol. The minimum atomic E-state index is 0.599. The van der Waals surface area contributed by atoms with E-state index in [1.54, 1.807) is 0 Å². The van der Waals surface area contributed by atoms with Crippen LogP contribution in [0, 0.1) is 0 Å². The largest absolute Gasteiger partial charge is 0.456 e. The second kappa shape index (κ2) is 13.7. The molecule has 57 heavy (non-hydrogen) atoms. The summed E-state index contributed by atoms with van der Waals surface area (Å²) in [4.78, 5) is 15.4. The molecule has 4 nitrogen and oxygen atoms in total. The number of fused-ring (bicyclic) bond motifs is 6. The van der Waals surface area contributed by atoms with Gasteiger partial charge in [0.2, 0.25) is 0 Å². The average Bonchev–Trinajstić information content (AvgIpc) is 3.67. The third-order valence-corrected chi connectivity index (χ3v) is 11.2. The molecular formula is C53H35N3O. The molecule has 0 fully saturated rings. The van der Waals surface area contributed by atoms with E-state index in [2.05, 4.69) is 140 Å². The molecule has 2 heterocycles. The van der Waals surface area contributed by atoms with Crippen LogP contribution in [0.1, 0.15) is 17.5 Å². The van der Waals surface area contributed by atoms with Gasteiger partial charge in [-0.25, -0.2) is 15.0 Å². The molecule has 1 aliphatic carbocycles. The topological polar surface area (TPSA) is 51.8 Å². The maximum absolute atomic E-state index is 6.66. The van der Waals surface area contributed by atoms with Gasteiger partial charge in [-0.3, -0.25) is 0 Å². The number of aromatic nitrogens is 3. The minimum absolute atomic E-state index is 0.599. The van der Waals surface area contributed by atoms with Gasteiger partial charge in [-0.2, -0.15) is 0 Å². The lowest BCUT2D eigenvalue weighted by atomic mass is 9.87. The molecule has 0 unspecified atom stereocenters. The van der Waals surface area contributed by atoms with E-state index in [4.69, 9.17) is 19.4 Å². The van der Waals surface area contributed by atoms with Crippen molar-refractivity contribution in [2.45, 2.75) is 12.8 Å². The average molecular weight is 730 g/mol. The van der Waals surface area contributed by atoms with Crippen LogP contribution in [0.3, 0.4) is 0 Å². The Labute approximate surface area is 330 Å². The van der Waals surface area contributed by atoms with E-state index in [0.29, 0.717) is 17.5 Å². The second-order valence-electron chi connectivity index (χ2n) is 14.7. The van der Waals surface area contributed by atoms with E-state index in [-0.39, 0.29) is 0 Å². The number of rotatable bonds is 6. The number of benzene rings is 8. The van der Waals surface area contributed by atoms with Gasteiger partial charge in [0.1, 0.15) is 11.2 Å². The molecule has 2 aromatic heterocycles. The molecule has 0 aliphatic heterocycles. The standard InChI is InChI=1S/C53H35N3O/c1-3-14-34(15-4-1)36-19-11-20-37(30-36)38-21-12-22-41(31-38)52-54-51(35-16-5-2-6-17-35)55-53(56-52)46-26-13-27-48-50(46)45-29-28-40(33-49(45)57-48)47-32-39-18-7-8-23-42(39)43-24-9-10-25-44(43)47/h1-6,8-17,19-33H,7,18H2. The summed E-state index contributed by atoms with van der Waals surface area (Å²) in [5.74, 6) is 1.83. The van der Waals surface area contributed by atoms with Gasteiger partial charge in [-0.05, 0) is 105 Å². The smallest absolute Gasteiger partial charge is 0.164 e. The van der Waals surface area contributed by atoms with Gasteiger partial charge in [-0.1, -0.05) is 152 Å².